The number of hydrogen-bond acceptors (Lipinski definition) is 2. The van der Waals surface area contributed by atoms with E-state index in [1.54, 1.807) is 0 Å². The molecule has 1 aromatic heterocycles. The lowest BCUT2D eigenvalue weighted by atomic mass is 9.92. The number of likely N-dealkylation sites (N-methyl/N-ethyl adjacent to an activating group) is 1. The molecule has 0 unspecified atom stereocenters. The molecule has 0 spiro atoms. The Morgan fingerprint density at radius 3 is 2.87 bits per heavy atom. The standard InChI is InChI=1S/C18H24N4O/c1-20-9-6-13-7-11-22(17(13)12-20)18(23)19-15-4-3-5-16-14(15)8-10-21(16)2/h3-5,8,10,13,17H,6-7,9,11-12H2,1-2H3,(H,19,23)/t13-,17-/m1/s1. The van der Waals surface area contributed by atoms with E-state index < -0.39 is 0 Å². The number of likely N-dealkylation sites (tertiary alicyclic amines) is 2. The number of piperidine rings is 1. The predicted molar refractivity (Wildman–Crippen MR) is 92.7 cm³/mol. The molecule has 0 saturated carbocycles. The fourth-order valence-corrected chi connectivity index (χ4v) is 4.15. The number of rotatable bonds is 1. The second-order valence-electron chi connectivity index (χ2n) is 6.96. The van der Waals surface area contributed by atoms with Crippen LogP contribution < -0.4 is 5.32 Å². The summed E-state index contributed by atoms with van der Waals surface area (Å²) in [5.41, 5.74) is 2.04. The third-order valence-electron chi connectivity index (χ3n) is 5.50. The van der Waals surface area contributed by atoms with Crippen LogP contribution in [0.2, 0.25) is 0 Å². The van der Waals surface area contributed by atoms with Gasteiger partial charge in [0.05, 0.1) is 5.69 Å². The number of amides is 2. The zero-order chi connectivity index (χ0) is 16.0. The first kappa shape index (κ1) is 14.6. The van der Waals surface area contributed by atoms with Crippen LogP contribution in [0.5, 0.6) is 0 Å². The molecule has 2 atom stereocenters. The van der Waals surface area contributed by atoms with Gasteiger partial charge in [-0.15, -0.1) is 0 Å². The molecule has 2 saturated heterocycles. The normalized spacial score (nSPS) is 24.9. The van der Waals surface area contributed by atoms with Crippen molar-refractivity contribution in [2.24, 2.45) is 13.0 Å². The summed E-state index contributed by atoms with van der Waals surface area (Å²) in [4.78, 5) is 17.2. The Labute approximate surface area is 136 Å². The highest BCUT2D eigenvalue weighted by Gasteiger charge is 2.39. The van der Waals surface area contributed by atoms with Gasteiger partial charge < -0.3 is 19.7 Å². The maximum atomic E-state index is 12.8. The highest BCUT2D eigenvalue weighted by atomic mass is 16.2. The minimum Gasteiger partial charge on any atom is -0.350 e. The molecule has 2 amide bonds. The van der Waals surface area contributed by atoms with Crippen molar-refractivity contribution in [3.63, 3.8) is 0 Å². The predicted octanol–water partition coefficient (Wildman–Crippen LogP) is 2.74. The summed E-state index contributed by atoms with van der Waals surface area (Å²) in [5, 5.41) is 4.24. The topological polar surface area (TPSA) is 40.5 Å². The van der Waals surface area contributed by atoms with Gasteiger partial charge in [-0.05, 0) is 50.6 Å². The van der Waals surface area contributed by atoms with E-state index in [1.165, 1.54) is 6.42 Å². The SMILES string of the molecule is CN1CC[C@@H]2CCN(C(=O)Nc3cccc4c3ccn4C)[C@@H]2C1. The third kappa shape index (κ3) is 2.49. The van der Waals surface area contributed by atoms with Crippen LogP contribution in [0.4, 0.5) is 10.5 Å². The maximum Gasteiger partial charge on any atom is 0.322 e. The maximum absolute atomic E-state index is 12.8. The van der Waals surface area contributed by atoms with Gasteiger partial charge in [-0.25, -0.2) is 4.79 Å². The number of hydrogen-bond donors (Lipinski definition) is 1. The average Bonchev–Trinajstić information content (AvgIpc) is 3.12. The van der Waals surface area contributed by atoms with Gasteiger partial charge in [0, 0.05) is 43.3 Å². The van der Waals surface area contributed by atoms with Crippen LogP contribution in [-0.4, -0.2) is 53.1 Å². The summed E-state index contributed by atoms with van der Waals surface area (Å²) in [5.74, 6) is 0.671. The molecular weight excluding hydrogens is 288 g/mol. The Bertz CT molecular complexity index is 738. The fourth-order valence-electron chi connectivity index (χ4n) is 4.15. The smallest absolute Gasteiger partial charge is 0.322 e. The summed E-state index contributed by atoms with van der Waals surface area (Å²) in [6, 6.07) is 8.53. The number of nitrogens with one attached hydrogen (secondary N) is 1. The van der Waals surface area contributed by atoms with E-state index in [1.807, 2.05) is 30.3 Å². The van der Waals surface area contributed by atoms with Gasteiger partial charge in [-0.2, -0.15) is 0 Å². The average molecular weight is 312 g/mol. The molecule has 2 aliphatic rings. The molecule has 2 aromatic rings. The molecule has 1 N–H and O–H groups in total. The van der Waals surface area contributed by atoms with Crippen LogP contribution in [-0.2, 0) is 7.05 Å². The lowest BCUT2D eigenvalue weighted by Crippen LogP contribution is -2.49. The summed E-state index contributed by atoms with van der Waals surface area (Å²) in [7, 11) is 4.17. The van der Waals surface area contributed by atoms with Crippen LogP contribution in [0.1, 0.15) is 12.8 Å². The van der Waals surface area contributed by atoms with Crippen LogP contribution >= 0.6 is 0 Å². The summed E-state index contributed by atoms with van der Waals surface area (Å²) < 4.78 is 2.08. The van der Waals surface area contributed by atoms with Gasteiger partial charge in [0.25, 0.3) is 0 Å². The molecular formula is C18H24N4O. The van der Waals surface area contributed by atoms with Crippen LogP contribution in [0.3, 0.4) is 0 Å². The Balaban J connectivity index is 1.55. The number of anilines is 1. The van der Waals surface area contributed by atoms with Crippen molar-refractivity contribution in [1.29, 1.82) is 0 Å². The first-order chi connectivity index (χ1) is 11.1. The number of aryl methyl sites for hydroxylation is 1. The molecule has 4 rings (SSSR count). The molecule has 0 bridgehead atoms. The van der Waals surface area contributed by atoms with E-state index in [0.29, 0.717) is 12.0 Å². The van der Waals surface area contributed by atoms with E-state index in [9.17, 15) is 4.79 Å². The molecule has 0 aliphatic carbocycles. The summed E-state index contributed by atoms with van der Waals surface area (Å²) in [6.07, 6.45) is 4.38. The van der Waals surface area contributed by atoms with Crippen molar-refractivity contribution in [2.45, 2.75) is 18.9 Å². The zero-order valence-corrected chi connectivity index (χ0v) is 13.8. The third-order valence-corrected chi connectivity index (χ3v) is 5.50. The minimum absolute atomic E-state index is 0.0455. The Kier molecular flexibility index (Phi) is 3.53. The number of nitrogens with zero attached hydrogens (tertiary/aromatic N) is 3. The number of aromatic nitrogens is 1. The molecule has 5 heteroatoms. The van der Waals surface area contributed by atoms with Crippen molar-refractivity contribution in [3.05, 3.63) is 30.5 Å². The summed E-state index contributed by atoms with van der Waals surface area (Å²) in [6.45, 7) is 3.02. The van der Waals surface area contributed by atoms with Gasteiger partial charge >= 0.3 is 6.03 Å². The first-order valence-electron chi connectivity index (χ1n) is 8.43. The Hall–Kier alpha value is -2.01. The van der Waals surface area contributed by atoms with Gasteiger partial charge in [0.1, 0.15) is 0 Å². The van der Waals surface area contributed by atoms with Crippen molar-refractivity contribution < 1.29 is 4.79 Å². The second-order valence-corrected chi connectivity index (χ2v) is 6.96. The number of benzene rings is 1. The van der Waals surface area contributed by atoms with E-state index in [2.05, 4.69) is 34.0 Å². The number of carbonyl (C=O) groups excluding carboxylic acids is 1. The minimum atomic E-state index is 0.0455. The highest BCUT2D eigenvalue weighted by molar-refractivity contribution is 6.01. The van der Waals surface area contributed by atoms with Crippen molar-refractivity contribution in [3.8, 4) is 0 Å². The van der Waals surface area contributed by atoms with Gasteiger partial charge in [0.15, 0.2) is 0 Å². The molecule has 122 valence electrons. The van der Waals surface area contributed by atoms with Crippen LogP contribution in [0, 0.1) is 5.92 Å². The highest BCUT2D eigenvalue weighted by Crippen LogP contribution is 2.32. The fraction of sp³-hybridized carbons (Fsp3) is 0.500. The van der Waals surface area contributed by atoms with E-state index >= 15 is 0 Å². The lowest BCUT2D eigenvalue weighted by Gasteiger charge is -2.36. The van der Waals surface area contributed by atoms with Crippen LogP contribution in [0.25, 0.3) is 10.9 Å². The van der Waals surface area contributed by atoms with Crippen LogP contribution in [0.15, 0.2) is 30.5 Å². The summed E-state index contributed by atoms with van der Waals surface area (Å²) >= 11 is 0. The molecule has 3 heterocycles. The van der Waals surface area contributed by atoms with Crippen molar-refractivity contribution >= 4 is 22.6 Å². The molecule has 23 heavy (non-hydrogen) atoms. The van der Waals surface area contributed by atoms with Crippen molar-refractivity contribution in [2.75, 3.05) is 32.0 Å². The zero-order valence-electron chi connectivity index (χ0n) is 13.8. The number of carbonyl (C=O) groups is 1. The molecule has 1 aromatic carbocycles. The quantitative estimate of drug-likeness (QED) is 0.879. The first-order valence-corrected chi connectivity index (χ1v) is 8.43. The van der Waals surface area contributed by atoms with E-state index in [-0.39, 0.29) is 6.03 Å². The Morgan fingerprint density at radius 2 is 2.00 bits per heavy atom. The molecule has 2 fully saturated rings. The van der Waals surface area contributed by atoms with Gasteiger partial charge in [-0.3, -0.25) is 0 Å². The second kappa shape index (κ2) is 5.57. The number of fused-ring (bicyclic) bond motifs is 2. The van der Waals surface area contributed by atoms with E-state index in [4.69, 9.17) is 0 Å². The monoisotopic (exact) mass is 312 g/mol. The lowest BCUT2D eigenvalue weighted by molar-refractivity contribution is 0.137. The van der Waals surface area contributed by atoms with Crippen molar-refractivity contribution in [1.82, 2.24) is 14.4 Å². The van der Waals surface area contributed by atoms with Gasteiger partial charge in [0.2, 0.25) is 0 Å². The largest absolute Gasteiger partial charge is 0.350 e. The molecule has 2 aliphatic heterocycles. The number of urea groups is 1. The molecule has 5 nitrogen and oxygen atoms in total. The Morgan fingerprint density at radius 1 is 1.17 bits per heavy atom. The van der Waals surface area contributed by atoms with E-state index in [0.717, 1.165) is 42.6 Å². The van der Waals surface area contributed by atoms with Gasteiger partial charge in [-0.1, -0.05) is 6.07 Å². The molecule has 0 radical (unpaired) electrons.